The van der Waals surface area contributed by atoms with Gasteiger partial charge in [-0.1, -0.05) is 6.07 Å². The summed E-state index contributed by atoms with van der Waals surface area (Å²) in [7, 11) is 0. The number of nitrogens with zero attached hydrogens (tertiary/aromatic N) is 1. The average molecular weight is 264 g/mol. The van der Waals surface area contributed by atoms with Crippen LogP contribution >= 0.6 is 0 Å². The van der Waals surface area contributed by atoms with Crippen LogP contribution in [0.2, 0.25) is 0 Å². The third-order valence-electron chi connectivity index (χ3n) is 3.53. The van der Waals surface area contributed by atoms with Crippen LogP contribution in [0.3, 0.4) is 0 Å². The summed E-state index contributed by atoms with van der Waals surface area (Å²) in [6.07, 6.45) is 3.33. The van der Waals surface area contributed by atoms with Crippen molar-refractivity contribution < 1.29 is 9.18 Å². The van der Waals surface area contributed by atoms with Crippen molar-refractivity contribution in [1.82, 2.24) is 4.90 Å². The summed E-state index contributed by atoms with van der Waals surface area (Å²) < 4.78 is 13.7. The summed E-state index contributed by atoms with van der Waals surface area (Å²) in [5.41, 5.74) is 1.27. The Hall–Kier alpha value is -1.58. The maximum Gasteiger partial charge on any atom is 0.244 e. The molecular formula is C15H21FN2O. The van der Waals surface area contributed by atoms with E-state index in [0.717, 1.165) is 31.5 Å². The number of benzene rings is 1. The average Bonchev–Trinajstić information content (AvgIpc) is 2.42. The van der Waals surface area contributed by atoms with Crippen molar-refractivity contribution in [2.75, 3.05) is 18.4 Å². The van der Waals surface area contributed by atoms with E-state index in [9.17, 15) is 9.18 Å². The van der Waals surface area contributed by atoms with Gasteiger partial charge in [-0.2, -0.15) is 0 Å². The molecule has 19 heavy (non-hydrogen) atoms. The van der Waals surface area contributed by atoms with Crippen LogP contribution in [0.15, 0.2) is 18.2 Å². The van der Waals surface area contributed by atoms with Crippen LogP contribution in [0.1, 0.15) is 31.7 Å². The number of amides is 1. The molecule has 1 aromatic carbocycles. The van der Waals surface area contributed by atoms with E-state index in [1.165, 1.54) is 12.5 Å². The predicted molar refractivity (Wildman–Crippen MR) is 74.7 cm³/mol. The minimum Gasteiger partial charge on any atom is -0.372 e. The van der Waals surface area contributed by atoms with Gasteiger partial charge < -0.3 is 10.2 Å². The van der Waals surface area contributed by atoms with E-state index in [1.54, 1.807) is 13.0 Å². The zero-order chi connectivity index (χ0) is 13.8. The topological polar surface area (TPSA) is 32.3 Å². The molecule has 0 spiro atoms. The van der Waals surface area contributed by atoms with Gasteiger partial charge in [0.15, 0.2) is 0 Å². The van der Waals surface area contributed by atoms with E-state index in [1.807, 2.05) is 17.9 Å². The second-order valence-corrected chi connectivity index (χ2v) is 5.24. The Labute approximate surface area is 113 Å². The van der Waals surface area contributed by atoms with E-state index in [0.29, 0.717) is 5.69 Å². The summed E-state index contributed by atoms with van der Waals surface area (Å²) in [5.74, 6) is -0.252. The Bertz CT molecular complexity index is 455. The molecule has 0 aliphatic carbocycles. The molecule has 0 saturated carbocycles. The molecule has 2 rings (SSSR count). The van der Waals surface area contributed by atoms with Gasteiger partial charge in [0.1, 0.15) is 11.9 Å². The van der Waals surface area contributed by atoms with E-state index >= 15 is 0 Å². The number of likely N-dealkylation sites (tertiary alicyclic amines) is 1. The monoisotopic (exact) mass is 264 g/mol. The number of hydrogen-bond donors (Lipinski definition) is 1. The molecule has 1 aromatic rings. The number of hydrogen-bond acceptors (Lipinski definition) is 2. The molecule has 1 atom stereocenters. The number of rotatable bonds is 3. The van der Waals surface area contributed by atoms with Crippen LogP contribution in [0, 0.1) is 12.7 Å². The molecule has 1 heterocycles. The van der Waals surface area contributed by atoms with Crippen molar-refractivity contribution in [2.45, 2.75) is 39.2 Å². The fourth-order valence-corrected chi connectivity index (χ4v) is 2.42. The molecule has 0 aromatic heterocycles. The lowest BCUT2D eigenvalue weighted by molar-refractivity contribution is -0.132. The fraction of sp³-hybridized carbons (Fsp3) is 0.533. The second kappa shape index (κ2) is 6.04. The zero-order valence-corrected chi connectivity index (χ0v) is 11.6. The van der Waals surface area contributed by atoms with Gasteiger partial charge in [0.05, 0.1) is 5.69 Å². The maximum absolute atomic E-state index is 13.7. The van der Waals surface area contributed by atoms with Crippen molar-refractivity contribution in [3.05, 3.63) is 29.6 Å². The number of carbonyl (C=O) groups excluding carboxylic acids is 1. The molecule has 1 unspecified atom stereocenters. The Morgan fingerprint density at radius 1 is 1.32 bits per heavy atom. The fourth-order valence-electron chi connectivity index (χ4n) is 2.42. The molecule has 4 heteroatoms. The van der Waals surface area contributed by atoms with Crippen LogP contribution in [0.25, 0.3) is 0 Å². The summed E-state index contributed by atoms with van der Waals surface area (Å²) in [4.78, 5) is 14.1. The number of anilines is 1. The largest absolute Gasteiger partial charge is 0.372 e. The van der Waals surface area contributed by atoms with E-state index in [4.69, 9.17) is 0 Å². The third-order valence-corrected chi connectivity index (χ3v) is 3.53. The lowest BCUT2D eigenvalue weighted by atomic mass is 10.1. The molecule has 104 valence electrons. The molecule has 1 aliphatic rings. The van der Waals surface area contributed by atoms with Gasteiger partial charge in [0, 0.05) is 13.1 Å². The van der Waals surface area contributed by atoms with E-state index in [2.05, 4.69) is 5.32 Å². The highest BCUT2D eigenvalue weighted by atomic mass is 19.1. The van der Waals surface area contributed by atoms with Crippen LogP contribution in [-0.2, 0) is 4.79 Å². The van der Waals surface area contributed by atoms with Gasteiger partial charge in [0.2, 0.25) is 5.91 Å². The second-order valence-electron chi connectivity index (χ2n) is 5.24. The van der Waals surface area contributed by atoms with Crippen molar-refractivity contribution in [2.24, 2.45) is 0 Å². The highest BCUT2D eigenvalue weighted by Gasteiger charge is 2.22. The van der Waals surface area contributed by atoms with Gasteiger partial charge in [-0.25, -0.2) is 4.39 Å². The minimum atomic E-state index is -0.393. The van der Waals surface area contributed by atoms with Crippen molar-refractivity contribution in [3.63, 3.8) is 0 Å². The minimum absolute atomic E-state index is 0.0553. The SMILES string of the molecule is Cc1ccc(NC(C)C(=O)N2CCCCC2)c(F)c1. The Balaban J connectivity index is 1.99. The number of aryl methyl sites for hydroxylation is 1. The smallest absolute Gasteiger partial charge is 0.244 e. The first-order valence-electron chi connectivity index (χ1n) is 6.89. The van der Waals surface area contributed by atoms with Gasteiger partial charge in [-0.15, -0.1) is 0 Å². The molecule has 1 saturated heterocycles. The Morgan fingerprint density at radius 2 is 2.00 bits per heavy atom. The quantitative estimate of drug-likeness (QED) is 0.910. The number of carbonyl (C=O) groups is 1. The highest BCUT2D eigenvalue weighted by Crippen LogP contribution is 2.17. The molecule has 0 bridgehead atoms. The summed E-state index contributed by atoms with van der Waals surface area (Å²) in [6.45, 7) is 5.27. The normalized spacial score (nSPS) is 17.1. The van der Waals surface area contributed by atoms with Crippen LogP contribution < -0.4 is 5.32 Å². The molecule has 1 aliphatic heterocycles. The van der Waals surface area contributed by atoms with Gasteiger partial charge in [0.25, 0.3) is 0 Å². The number of piperidine rings is 1. The summed E-state index contributed by atoms with van der Waals surface area (Å²) in [6, 6.07) is 4.60. The lowest BCUT2D eigenvalue weighted by Gasteiger charge is -2.29. The first-order chi connectivity index (χ1) is 9.08. The molecular weight excluding hydrogens is 243 g/mol. The molecule has 3 nitrogen and oxygen atoms in total. The van der Waals surface area contributed by atoms with Crippen LogP contribution in [0.4, 0.5) is 10.1 Å². The third kappa shape index (κ3) is 3.46. The molecule has 1 amide bonds. The molecule has 0 radical (unpaired) electrons. The maximum atomic E-state index is 13.7. The molecule has 1 fully saturated rings. The molecule has 1 N–H and O–H groups in total. The standard InChI is InChI=1S/C15H21FN2O/c1-11-6-7-14(13(16)10-11)17-12(2)15(19)18-8-4-3-5-9-18/h6-7,10,12,17H,3-5,8-9H2,1-2H3. The van der Waals surface area contributed by atoms with Gasteiger partial charge >= 0.3 is 0 Å². The first kappa shape index (κ1) is 13.8. The van der Waals surface area contributed by atoms with E-state index in [-0.39, 0.29) is 11.7 Å². The number of nitrogens with one attached hydrogen (secondary N) is 1. The van der Waals surface area contributed by atoms with Crippen molar-refractivity contribution in [1.29, 1.82) is 0 Å². The first-order valence-corrected chi connectivity index (χ1v) is 6.89. The number of halogens is 1. The highest BCUT2D eigenvalue weighted by molar-refractivity contribution is 5.84. The Morgan fingerprint density at radius 3 is 2.63 bits per heavy atom. The lowest BCUT2D eigenvalue weighted by Crippen LogP contribution is -2.44. The van der Waals surface area contributed by atoms with Crippen LogP contribution in [-0.4, -0.2) is 29.9 Å². The van der Waals surface area contributed by atoms with Crippen molar-refractivity contribution in [3.8, 4) is 0 Å². The van der Waals surface area contributed by atoms with Gasteiger partial charge in [-0.3, -0.25) is 4.79 Å². The zero-order valence-electron chi connectivity index (χ0n) is 11.6. The van der Waals surface area contributed by atoms with E-state index < -0.39 is 6.04 Å². The predicted octanol–water partition coefficient (Wildman–Crippen LogP) is 2.95. The van der Waals surface area contributed by atoms with Crippen molar-refractivity contribution >= 4 is 11.6 Å². The Kier molecular flexibility index (Phi) is 4.40. The summed E-state index contributed by atoms with van der Waals surface area (Å²) >= 11 is 0. The van der Waals surface area contributed by atoms with Gasteiger partial charge in [-0.05, 0) is 50.8 Å². The van der Waals surface area contributed by atoms with Crippen LogP contribution in [0.5, 0.6) is 0 Å². The summed E-state index contributed by atoms with van der Waals surface area (Å²) in [5, 5.41) is 2.97.